The van der Waals surface area contributed by atoms with Gasteiger partial charge in [0.2, 0.25) is 0 Å². The van der Waals surface area contributed by atoms with Crippen LogP contribution in [0.4, 0.5) is 0 Å². The number of allylic oxidation sites excluding steroid dienone is 2. The van der Waals surface area contributed by atoms with Gasteiger partial charge in [0.25, 0.3) is 0 Å². The summed E-state index contributed by atoms with van der Waals surface area (Å²) in [5, 5.41) is 0. The van der Waals surface area contributed by atoms with Crippen LogP contribution in [0.25, 0.3) is 0 Å². The van der Waals surface area contributed by atoms with Crippen molar-refractivity contribution >= 4 is 15.9 Å². The van der Waals surface area contributed by atoms with Gasteiger partial charge >= 0.3 is 0 Å². The summed E-state index contributed by atoms with van der Waals surface area (Å²) in [6.07, 6.45) is 14.7. The smallest absolute Gasteiger partial charge is 0.00922 e. The minimum atomic E-state index is 1.05. The van der Waals surface area contributed by atoms with Crippen molar-refractivity contribution in [3.63, 3.8) is 0 Å². The standard InChI is InChI=1S/C16H27Br/c1-3-5-7-9-10-11-13-15-16(17)14-12-8-6-4-2/h15H,3-10,12,14H2,1-2H3/b16-15+. The highest BCUT2D eigenvalue weighted by Crippen LogP contribution is 2.15. The molecule has 0 aliphatic carbocycles. The molecule has 0 rings (SSSR count). The second-order valence-electron chi connectivity index (χ2n) is 4.53. The second-order valence-corrected chi connectivity index (χ2v) is 5.55. The van der Waals surface area contributed by atoms with Crippen LogP contribution in [-0.4, -0.2) is 0 Å². The molecule has 1 heteroatoms. The van der Waals surface area contributed by atoms with Crippen LogP contribution in [0.3, 0.4) is 0 Å². The molecule has 0 unspecified atom stereocenters. The summed E-state index contributed by atoms with van der Waals surface area (Å²) >= 11 is 3.58. The van der Waals surface area contributed by atoms with Crippen molar-refractivity contribution < 1.29 is 0 Å². The summed E-state index contributed by atoms with van der Waals surface area (Å²) in [5.41, 5.74) is 0. The van der Waals surface area contributed by atoms with Gasteiger partial charge in [0.1, 0.15) is 0 Å². The van der Waals surface area contributed by atoms with Gasteiger partial charge in [-0.15, -0.1) is 0 Å². The summed E-state index contributed by atoms with van der Waals surface area (Å²) in [6, 6.07) is 0. The molecule has 0 heterocycles. The zero-order valence-electron chi connectivity index (χ0n) is 11.5. The van der Waals surface area contributed by atoms with Gasteiger partial charge in [0.15, 0.2) is 0 Å². The molecule has 0 bridgehead atoms. The topological polar surface area (TPSA) is 0 Å². The first-order chi connectivity index (χ1) is 8.31. The van der Waals surface area contributed by atoms with E-state index < -0.39 is 0 Å². The Labute approximate surface area is 116 Å². The Morgan fingerprint density at radius 3 is 2.24 bits per heavy atom. The van der Waals surface area contributed by atoms with Crippen LogP contribution in [0.15, 0.2) is 10.6 Å². The monoisotopic (exact) mass is 298 g/mol. The predicted octanol–water partition coefficient (Wildman–Crippen LogP) is 6.21. The van der Waals surface area contributed by atoms with Crippen molar-refractivity contribution in [3.05, 3.63) is 10.6 Å². The maximum Gasteiger partial charge on any atom is 0.00922 e. The fraction of sp³-hybridized carbons (Fsp3) is 0.750. The zero-order chi connectivity index (χ0) is 12.8. The molecule has 0 aromatic carbocycles. The van der Waals surface area contributed by atoms with E-state index in [1.165, 1.54) is 55.8 Å². The molecule has 0 saturated heterocycles. The Balaban J connectivity index is 3.50. The van der Waals surface area contributed by atoms with Gasteiger partial charge in [-0.2, -0.15) is 0 Å². The molecule has 0 nitrogen and oxygen atoms in total. The first-order valence-corrected chi connectivity index (χ1v) is 7.93. The van der Waals surface area contributed by atoms with Crippen LogP contribution in [0.5, 0.6) is 0 Å². The molecule has 0 aromatic rings. The lowest BCUT2D eigenvalue weighted by atomic mass is 10.1. The van der Waals surface area contributed by atoms with Gasteiger partial charge in [-0.25, -0.2) is 0 Å². The van der Waals surface area contributed by atoms with E-state index >= 15 is 0 Å². The van der Waals surface area contributed by atoms with Gasteiger partial charge in [-0.3, -0.25) is 0 Å². The molecule has 0 fully saturated rings. The Bertz CT molecular complexity index is 242. The average Bonchev–Trinajstić information content (AvgIpc) is 2.33. The van der Waals surface area contributed by atoms with Gasteiger partial charge in [-0.05, 0) is 25.3 Å². The Hall–Kier alpha value is -0.220. The molecule has 0 radical (unpaired) electrons. The minimum Gasteiger partial charge on any atom is -0.0985 e. The van der Waals surface area contributed by atoms with E-state index in [0.29, 0.717) is 0 Å². The van der Waals surface area contributed by atoms with E-state index in [1.807, 2.05) is 6.08 Å². The van der Waals surface area contributed by atoms with Crippen molar-refractivity contribution in [2.75, 3.05) is 0 Å². The summed E-state index contributed by atoms with van der Waals surface area (Å²) < 4.78 is 1.26. The zero-order valence-corrected chi connectivity index (χ0v) is 13.1. The number of hydrogen-bond acceptors (Lipinski definition) is 0. The van der Waals surface area contributed by atoms with Crippen LogP contribution in [0.2, 0.25) is 0 Å². The third-order valence-corrected chi connectivity index (χ3v) is 3.38. The second kappa shape index (κ2) is 13.8. The SMILES string of the molecule is CCCCCCC#C/C=C(/Br)CCCCCC. The van der Waals surface area contributed by atoms with Crippen molar-refractivity contribution in [2.24, 2.45) is 0 Å². The van der Waals surface area contributed by atoms with Gasteiger partial charge in [-0.1, -0.05) is 80.1 Å². The number of hydrogen-bond donors (Lipinski definition) is 0. The molecule has 0 spiro atoms. The lowest BCUT2D eigenvalue weighted by molar-refractivity contribution is 0.673. The van der Waals surface area contributed by atoms with Crippen molar-refractivity contribution in [2.45, 2.75) is 78.1 Å². The Morgan fingerprint density at radius 1 is 0.941 bits per heavy atom. The van der Waals surface area contributed by atoms with E-state index in [0.717, 1.165) is 12.8 Å². The highest BCUT2D eigenvalue weighted by Gasteiger charge is 1.91. The van der Waals surface area contributed by atoms with E-state index in [1.54, 1.807) is 0 Å². The number of halogens is 1. The molecule has 17 heavy (non-hydrogen) atoms. The summed E-state index contributed by atoms with van der Waals surface area (Å²) in [4.78, 5) is 0. The Kier molecular flexibility index (Phi) is 13.7. The van der Waals surface area contributed by atoms with Crippen LogP contribution in [0.1, 0.15) is 78.1 Å². The molecule has 0 amide bonds. The van der Waals surface area contributed by atoms with E-state index in [4.69, 9.17) is 0 Å². The van der Waals surface area contributed by atoms with Gasteiger partial charge in [0.05, 0.1) is 0 Å². The molecule has 0 aliphatic heterocycles. The van der Waals surface area contributed by atoms with Crippen LogP contribution in [0, 0.1) is 11.8 Å². The fourth-order valence-corrected chi connectivity index (χ4v) is 2.03. The molecule has 0 aromatic heterocycles. The number of rotatable bonds is 9. The third-order valence-electron chi connectivity index (χ3n) is 2.76. The lowest BCUT2D eigenvalue weighted by Gasteiger charge is -1.97. The van der Waals surface area contributed by atoms with Crippen molar-refractivity contribution in [1.82, 2.24) is 0 Å². The largest absolute Gasteiger partial charge is 0.0985 e. The Morgan fingerprint density at radius 2 is 1.59 bits per heavy atom. The van der Waals surface area contributed by atoms with Crippen molar-refractivity contribution in [3.8, 4) is 11.8 Å². The average molecular weight is 299 g/mol. The number of unbranched alkanes of at least 4 members (excludes halogenated alkanes) is 7. The predicted molar refractivity (Wildman–Crippen MR) is 82.3 cm³/mol. The molecular formula is C16H27Br. The van der Waals surface area contributed by atoms with E-state index in [2.05, 4.69) is 41.6 Å². The third kappa shape index (κ3) is 13.7. The molecule has 0 atom stereocenters. The molecule has 0 N–H and O–H groups in total. The van der Waals surface area contributed by atoms with Gasteiger partial charge in [0, 0.05) is 10.9 Å². The molecule has 98 valence electrons. The highest BCUT2D eigenvalue weighted by atomic mass is 79.9. The highest BCUT2D eigenvalue weighted by molar-refractivity contribution is 9.11. The summed E-state index contributed by atoms with van der Waals surface area (Å²) in [7, 11) is 0. The van der Waals surface area contributed by atoms with Crippen LogP contribution >= 0.6 is 15.9 Å². The maximum atomic E-state index is 3.58. The van der Waals surface area contributed by atoms with Gasteiger partial charge < -0.3 is 0 Å². The minimum absolute atomic E-state index is 1.05. The summed E-state index contributed by atoms with van der Waals surface area (Å²) in [5.74, 6) is 6.36. The first kappa shape index (κ1) is 16.8. The molecule has 0 aliphatic rings. The quantitative estimate of drug-likeness (QED) is 0.351. The van der Waals surface area contributed by atoms with Crippen LogP contribution in [-0.2, 0) is 0 Å². The van der Waals surface area contributed by atoms with E-state index in [-0.39, 0.29) is 0 Å². The summed E-state index contributed by atoms with van der Waals surface area (Å²) in [6.45, 7) is 4.49. The molecule has 0 saturated carbocycles. The molecular weight excluding hydrogens is 272 g/mol. The normalized spacial score (nSPS) is 11.1. The maximum absolute atomic E-state index is 3.58. The fourth-order valence-electron chi connectivity index (χ4n) is 1.63. The first-order valence-electron chi connectivity index (χ1n) is 7.14. The lowest BCUT2D eigenvalue weighted by Crippen LogP contribution is -1.77. The van der Waals surface area contributed by atoms with Crippen LogP contribution < -0.4 is 0 Å². The van der Waals surface area contributed by atoms with Crippen molar-refractivity contribution in [1.29, 1.82) is 0 Å². The van der Waals surface area contributed by atoms with E-state index in [9.17, 15) is 0 Å².